The predicted molar refractivity (Wildman–Crippen MR) is 119 cm³/mol. The van der Waals surface area contributed by atoms with Crippen LogP contribution in [-0.4, -0.2) is 22.7 Å². The lowest BCUT2D eigenvalue weighted by molar-refractivity contribution is -0.116. The van der Waals surface area contributed by atoms with E-state index < -0.39 is 0 Å². The number of aromatic nitrogens is 2. The number of nitrogens with one attached hydrogen (secondary N) is 1. The summed E-state index contributed by atoms with van der Waals surface area (Å²) in [6, 6.07) is 27.4. The molecule has 4 aromatic rings. The van der Waals surface area contributed by atoms with Gasteiger partial charge in [0.05, 0.1) is 6.61 Å². The molecule has 0 fully saturated rings. The Labute approximate surface area is 180 Å². The molecule has 6 nitrogen and oxygen atoms in total. The average molecular weight is 413 g/mol. The molecule has 1 heterocycles. The summed E-state index contributed by atoms with van der Waals surface area (Å²) in [7, 11) is 0. The smallest absolute Gasteiger partial charge is 0.322 e. The second kappa shape index (κ2) is 9.71. The molecule has 31 heavy (non-hydrogen) atoms. The van der Waals surface area contributed by atoms with Gasteiger partial charge in [-0.2, -0.15) is 0 Å². The van der Waals surface area contributed by atoms with E-state index in [1.165, 1.54) is 0 Å². The molecule has 0 aliphatic rings. The summed E-state index contributed by atoms with van der Waals surface area (Å²) in [5, 5.41) is 10.7. The molecular formula is C25H23N3O3. The number of rotatable bonds is 8. The number of hydrogen-bond acceptors (Lipinski definition) is 5. The molecule has 1 aromatic heterocycles. The molecule has 0 radical (unpaired) electrons. The Kier molecular flexibility index (Phi) is 6.38. The van der Waals surface area contributed by atoms with Crippen LogP contribution in [0.15, 0.2) is 89.3 Å². The maximum Gasteiger partial charge on any atom is 0.322 e. The molecule has 0 aliphatic heterocycles. The predicted octanol–water partition coefficient (Wildman–Crippen LogP) is 5.30. The maximum atomic E-state index is 12.8. The first-order valence-corrected chi connectivity index (χ1v) is 10.2. The maximum absolute atomic E-state index is 12.8. The SMILES string of the molecule is CCOc1ccc(-c2nnc(NC(=O)CC(c3ccccc3)c3ccccc3)o2)cc1. The zero-order chi connectivity index (χ0) is 21.5. The van der Waals surface area contributed by atoms with E-state index in [9.17, 15) is 4.79 Å². The number of carbonyl (C=O) groups is 1. The molecular weight excluding hydrogens is 390 g/mol. The number of anilines is 1. The topological polar surface area (TPSA) is 77.3 Å². The third-order valence-corrected chi connectivity index (χ3v) is 4.88. The molecule has 0 bridgehead atoms. The number of hydrogen-bond donors (Lipinski definition) is 1. The number of amides is 1. The standard InChI is InChI=1S/C25H23N3O3/c1-2-30-21-15-13-20(14-16-21)24-27-28-25(31-24)26-23(29)17-22(18-9-5-3-6-10-18)19-11-7-4-8-12-19/h3-16,22H,2,17H2,1H3,(H,26,28,29). The van der Waals surface area contributed by atoms with E-state index in [-0.39, 0.29) is 24.3 Å². The highest BCUT2D eigenvalue weighted by atomic mass is 16.5. The zero-order valence-corrected chi connectivity index (χ0v) is 17.2. The van der Waals surface area contributed by atoms with Crippen LogP contribution in [0.1, 0.15) is 30.4 Å². The van der Waals surface area contributed by atoms with Gasteiger partial charge in [-0.3, -0.25) is 10.1 Å². The van der Waals surface area contributed by atoms with Gasteiger partial charge in [-0.1, -0.05) is 65.8 Å². The lowest BCUT2D eigenvalue weighted by Gasteiger charge is -2.17. The Hall–Kier alpha value is -3.93. The molecule has 6 heteroatoms. The molecule has 0 saturated carbocycles. The van der Waals surface area contributed by atoms with E-state index in [1.807, 2.05) is 91.9 Å². The summed E-state index contributed by atoms with van der Waals surface area (Å²) in [4.78, 5) is 12.8. The van der Waals surface area contributed by atoms with Crippen molar-refractivity contribution in [2.75, 3.05) is 11.9 Å². The Morgan fingerprint density at radius 2 is 1.52 bits per heavy atom. The lowest BCUT2D eigenvalue weighted by atomic mass is 9.88. The van der Waals surface area contributed by atoms with Crippen LogP contribution in [0.5, 0.6) is 5.75 Å². The van der Waals surface area contributed by atoms with Crippen LogP contribution in [0.3, 0.4) is 0 Å². The molecule has 0 aliphatic carbocycles. The molecule has 4 rings (SSSR count). The van der Waals surface area contributed by atoms with Crippen molar-refractivity contribution in [1.82, 2.24) is 10.2 Å². The van der Waals surface area contributed by atoms with Gasteiger partial charge >= 0.3 is 6.01 Å². The minimum Gasteiger partial charge on any atom is -0.494 e. The summed E-state index contributed by atoms with van der Waals surface area (Å²) in [5.41, 5.74) is 2.90. The summed E-state index contributed by atoms with van der Waals surface area (Å²) < 4.78 is 11.1. The van der Waals surface area contributed by atoms with Crippen molar-refractivity contribution in [1.29, 1.82) is 0 Å². The fraction of sp³-hybridized carbons (Fsp3) is 0.160. The average Bonchev–Trinajstić information content (AvgIpc) is 3.28. The number of nitrogens with zero attached hydrogens (tertiary/aromatic N) is 2. The van der Waals surface area contributed by atoms with E-state index >= 15 is 0 Å². The van der Waals surface area contributed by atoms with Gasteiger partial charge in [0, 0.05) is 17.9 Å². The van der Waals surface area contributed by atoms with Crippen molar-refractivity contribution >= 4 is 11.9 Å². The van der Waals surface area contributed by atoms with Crippen molar-refractivity contribution in [3.05, 3.63) is 96.1 Å². The summed E-state index contributed by atoms with van der Waals surface area (Å²) in [5.74, 6) is 0.837. The Morgan fingerprint density at radius 3 is 2.10 bits per heavy atom. The van der Waals surface area contributed by atoms with Crippen LogP contribution in [0.4, 0.5) is 6.01 Å². The molecule has 156 valence electrons. The molecule has 1 amide bonds. The fourth-order valence-corrected chi connectivity index (χ4v) is 3.41. The lowest BCUT2D eigenvalue weighted by Crippen LogP contribution is -2.16. The van der Waals surface area contributed by atoms with Crippen molar-refractivity contribution in [2.45, 2.75) is 19.3 Å². The first kappa shape index (κ1) is 20.3. The van der Waals surface area contributed by atoms with E-state index in [1.54, 1.807) is 0 Å². The van der Waals surface area contributed by atoms with Gasteiger partial charge in [0.2, 0.25) is 11.8 Å². The van der Waals surface area contributed by atoms with E-state index in [0.29, 0.717) is 12.5 Å². The third-order valence-electron chi connectivity index (χ3n) is 4.88. The number of ether oxygens (including phenoxy) is 1. The third kappa shape index (κ3) is 5.17. The van der Waals surface area contributed by atoms with Gasteiger partial charge < -0.3 is 9.15 Å². The van der Waals surface area contributed by atoms with Crippen LogP contribution in [-0.2, 0) is 4.79 Å². The Morgan fingerprint density at radius 1 is 0.903 bits per heavy atom. The van der Waals surface area contributed by atoms with Crippen molar-refractivity contribution < 1.29 is 13.9 Å². The van der Waals surface area contributed by atoms with Crippen LogP contribution < -0.4 is 10.1 Å². The van der Waals surface area contributed by atoms with Gasteiger partial charge in [-0.05, 0) is 42.3 Å². The van der Waals surface area contributed by atoms with Crippen LogP contribution in [0.2, 0.25) is 0 Å². The van der Waals surface area contributed by atoms with Crippen LogP contribution in [0.25, 0.3) is 11.5 Å². The second-order valence-corrected chi connectivity index (χ2v) is 7.00. The van der Waals surface area contributed by atoms with Gasteiger partial charge in [0.25, 0.3) is 0 Å². The molecule has 0 spiro atoms. The molecule has 3 aromatic carbocycles. The summed E-state index contributed by atoms with van der Waals surface area (Å²) in [6.07, 6.45) is 0.259. The second-order valence-electron chi connectivity index (χ2n) is 7.00. The Bertz CT molecular complexity index is 1070. The summed E-state index contributed by atoms with van der Waals surface area (Å²) in [6.45, 7) is 2.53. The van der Waals surface area contributed by atoms with Crippen molar-refractivity contribution in [3.8, 4) is 17.2 Å². The molecule has 0 atom stereocenters. The zero-order valence-electron chi connectivity index (χ0n) is 17.2. The van der Waals surface area contributed by atoms with E-state index in [2.05, 4.69) is 15.5 Å². The first-order chi connectivity index (χ1) is 15.2. The van der Waals surface area contributed by atoms with Gasteiger partial charge in [-0.25, -0.2) is 0 Å². The van der Waals surface area contributed by atoms with Gasteiger partial charge in [0.1, 0.15) is 5.75 Å². The van der Waals surface area contributed by atoms with Gasteiger partial charge in [-0.15, -0.1) is 5.10 Å². The Balaban J connectivity index is 1.46. The van der Waals surface area contributed by atoms with Crippen LogP contribution in [0, 0.1) is 0 Å². The first-order valence-electron chi connectivity index (χ1n) is 10.2. The van der Waals surface area contributed by atoms with Crippen molar-refractivity contribution in [3.63, 3.8) is 0 Å². The molecule has 0 saturated heterocycles. The highest BCUT2D eigenvalue weighted by Crippen LogP contribution is 2.28. The minimum atomic E-state index is -0.195. The molecule has 1 N–H and O–H groups in total. The van der Waals surface area contributed by atoms with E-state index in [4.69, 9.17) is 9.15 Å². The molecule has 0 unspecified atom stereocenters. The quantitative estimate of drug-likeness (QED) is 0.424. The van der Waals surface area contributed by atoms with Crippen molar-refractivity contribution in [2.24, 2.45) is 0 Å². The van der Waals surface area contributed by atoms with E-state index in [0.717, 1.165) is 22.4 Å². The fourth-order valence-electron chi connectivity index (χ4n) is 3.41. The van der Waals surface area contributed by atoms with Crippen LogP contribution >= 0.6 is 0 Å². The normalized spacial score (nSPS) is 10.8. The minimum absolute atomic E-state index is 0.0732. The number of benzene rings is 3. The largest absolute Gasteiger partial charge is 0.494 e. The highest BCUT2D eigenvalue weighted by molar-refractivity contribution is 5.89. The number of carbonyl (C=O) groups excluding carboxylic acids is 1. The monoisotopic (exact) mass is 413 g/mol. The van der Waals surface area contributed by atoms with Gasteiger partial charge in [0.15, 0.2) is 0 Å². The highest BCUT2D eigenvalue weighted by Gasteiger charge is 2.20. The summed E-state index contributed by atoms with van der Waals surface area (Å²) >= 11 is 0.